The summed E-state index contributed by atoms with van der Waals surface area (Å²) in [4.78, 5) is 36.8. The zero-order valence-corrected chi connectivity index (χ0v) is 15.2. The van der Waals surface area contributed by atoms with Gasteiger partial charge in [-0.2, -0.15) is 0 Å². The molecule has 0 aliphatic rings. The van der Waals surface area contributed by atoms with Crippen LogP contribution in [-0.2, 0) is 0 Å². The van der Waals surface area contributed by atoms with Crippen molar-refractivity contribution < 1.29 is 19.5 Å². The molecule has 27 heavy (non-hydrogen) atoms. The van der Waals surface area contributed by atoms with Gasteiger partial charge < -0.3 is 15.7 Å². The Balaban J connectivity index is 1.84. The fraction of sp³-hybridized carbons (Fsp3) is 0.0500. The van der Waals surface area contributed by atoms with Crippen LogP contribution >= 0.6 is 11.3 Å². The summed E-state index contributed by atoms with van der Waals surface area (Å²) >= 11 is 1.33. The molecule has 0 saturated heterocycles. The number of aromatic carboxylic acids is 1. The summed E-state index contributed by atoms with van der Waals surface area (Å²) < 4.78 is 0. The van der Waals surface area contributed by atoms with Crippen LogP contribution in [0.15, 0.2) is 60.0 Å². The van der Waals surface area contributed by atoms with Gasteiger partial charge in [-0.25, -0.2) is 4.79 Å². The lowest BCUT2D eigenvalue weighted by molar-refractivity contribution is 0.0697. The van der Waals surface area contributed by atoms with Gasteiger partial charge >= 0.3 is 5.97 Å². The van der Waals surface area contributed by atoms with Crippen molar-refractivity contribution in [1.29, 1.82) is 0 Å². The monoisotopic (exact) mass is 380 g/mol. The summed E-state index contributed by atoms with van der Waals surface area (Å²) in [6, 6.07) is 14.7. The summed E-state index contributed by atoms with van der Waals surface area (Å²) in [5, 5.41) is 16.5. The Bertz CT molecular complexity index is 1010. The highest BCUT2D eigenvalue weighted by Crippen LogP contribution is 2.23. The van der Waals surface area contributed by atoms with Gasteiger partial charge in [0.15, 0.2) is 0 Å². The molecule has 3 N–H and O–H groups in total. The molecular weight excluding hydrogens is 364 g/mol. The van der Waals surface area contributed by atoms with Crippen LogP contribution in [0.3, 0.4) is 0 Å². The van der Waals surface area contributed by atoms with Gasteiger partial charge in [0.05, 0.1) is 16.1 Å². The Morgan fingerprint density at radius 2 is 1.48 bits per heavy atom. The van der Waals surface area contributed by atoms with E-state index >= 15 is 0 Å². The summed E-state index contributed by atoms with van der Waals surface area (Å²) in [6.45, 7) is 1.72. The minimum absolute atomic E-state index is 0.00524. The molecule has 0 unspecified atom stereocenters. The SMILES string of the molecule is Cc1c(NC(=O)c2cccs2)cccc1C(=O)Nc1ccccc1C(=O)O. The third-order valence-corrected chi connectivity index (χ3v) is 4.85. The van der Waals surface area contributed by atoms with Gasteiger partial charge in [-0.3, -0.25) is 9.59 Å². The van der Waals surface area contributed by atoms with Gasteiger partial charge in [0.2, 0.25) is 0 Å². The number of benzene rings is 2. The fourth-order valence-electron chi connectivity index (χ4n) is 2.58. The molecule has 0 aliphatic carbocycles. The van der Waals surface area contributed by atoms with E-state index in [0.717, 1.165) is 0 Å². The lowest BCUT2D eigenvalue weighted by atomic mass is 10.1. The predicted molar refractivity (Wildman–Crippen MR) is 105 cm³/mol. The maximum absolute atomic E-state index is 12.7. The number of hydrogen-bond donors (Lipinski definition) is 3. The highest BCUT2D eigenvalue weighted by molar-refractivity contribution is 7.12. The van der Waals surface area contributed by atoms with Crippen molar-refractivity contribution in [3.05, 3.63) is 81.5 Å². The summed E-state index contributed by atoms with van der Waals surface area (Å²) in [6.07, 6.45) is 0. The number of hydrogen-bond acceptors (Lipinski definition) is 4. The molecule has 0 saturated carbocycles. The number of carbonyl (C=O) groups is 3. The van der Waals surface area contributed by atoms with Crippen molar-refractivity contribution in [1.82, 2.24) is 0 Å². The first-order chi connectivity index (χ1) is 13.0. The lowest BCUT2D eigenvalue weighted by Crippen LogP contribution is -2.17. The average molecular weight is 380 g/mol. The standard InChI is InChI=1S/C20H16N2O4S/c1-12-13(18(23)22-16-8-3-2-6-14(16)20(25)26)7-4-9-15(12)21-19(24)17-10-5-11-27-17/h2-11H,1H3,(H,21,24)(H,22,23)(H,25,26). The Hall–Kier alpha value is -3.45. The second-order valence-electron chi connectivity index (χ2n) is 5.71. The van der Waals surface area contributed by atoms with Crippen LogP contribution in [0.25, 0.3) is 0 Å². The number of nitrogens with one attached hydrogen (secondary N) is 2. The van der Waals surface area contributed by atoms with Gasteiger partial charge in [0.1, 0.15) is 0 Å². The second-order valence-corrected chi connectivity index (χ2v) is 6.66. The minimum Gasteiger partial charge on any atom is -0.478 e. The second kappa shape index (κ2) is 7.84. The number of amides is 2. The fourth-order valence-corrected chi connectivity index (χ4v) is 3.20. The highest BCUT2D eigenvalue weighted by atomic mass is 32.1. The molecule has 1 heterocycles. The molecule has 0 aliphatic heterocycles. The van der Waals surface area contributed by atoms with E-state index in [1.807, 2.05) is 5.38 Å². The Kier molecular flexibility index (Phi) is 5.33. The van der Waals surface area contributed by atoms with Crippen molar-refractivity contribution in [3.63, 3.8) is 0 Å². The van der Waals surface area contributed by atoms with Crippen LogP contribution in [-0.4, -0.2) is 22.9 Å². The van der Waals surface area contributed by atoms with Gasteiger partial charge in [-0.05, 0) is 48.2 Å². The van der Waals surface area contributed by atoms with Crippen LogP contribution in [0.4, 0.5) is 11.4 Å². The third-order valence-electron chi connectivity index (χ3n) is 3.98. The molecule has 6 nitrogen and oxygen atoms in total. The van der Waals surface area contributed by atoms with Crippen molar-refractivity contribution in [3.8, 4) is 0 Å². The van der Waals surface area contributed by atoms with E-state index in [1.54, 1.807) is 49.4 Å². The minimum atomic E-state index is -1.13. The van der Waals surface area contributed by atoms with Crippen LogP contribution in [0.1, 0.15) is 36.0 Å². The zero-order chi connectivity index (χ0) is 19.4. The number of anilines is 2. The average Bonchev–Trinajstić information content (AvgIpc) is 3.18. The number of para-hydroxylation sites is 1. The first kappa shape index (κ1) is 18.3. The highest BCUT2D eigenvalue weighted by Gasteiger charge is 2.17. The summed E-state index contributed by atoms with van der Waals surface area (Å²) in [5.41, 5.74) is 1.67. The van der Waals surface area contributed by atoms with E-state index in [4.69, 9.17) is 0 Å². The normalized spacial score (nSPS) is 10.3. The molecule has 0 radical (unpaired) electrons. The third kappa shape index (κ3) is 4.04. The zero-order valence-electron chi connectivity index (χ0n) is 14.4. The largest absolute Gasteiger partial charge is 0.478 e. The van der Waals surface area contributed by atoms with Crippen LogP contribution < -0.4 is 10.6 Å². The van der Waals surface area contributed by atoms with Gasteiger partial charge in [0, 0.05) is 11.3 Å². The smallest absolute Gasteiger partial charge is 0.337 e. The molecular formula is C20H16N2O4S. The number of thiophene rings is 1. The Morgan fingerprint density at radius 3 is 2.19 bits per heavy atom. The molecule has 2 amide bonds. The number of rotatable bonds is 5. The molecule has 0 atom stereocenters. The molecule has 0 spiro atoms. The van der Waals surface area contributed by atoms with E-state index in [1.165, 1.54) is 23.5 Å². The molecule has 0 fully saturated rings. The molecule has 0 bridgehead atoms. The van der Waals surface area contributed by atoms with Crippen LogP contribution in [0, 0.1) is 6.92 Å². The van der Waals surface area contributed by atoms with Gasteiger partial charge in [0.25, 0.3) is 11.8 Å². The van der Waals surface area contributed by atoms with E-state index in [0.29, 0.717) is 21.7 Å². The quantitative estimate of drug-likeness (QED) is 0.616. The Morgan fingerprint density at radius 1 is 0.815 bits per heavy atom. The molecule has 3 rings (SSSR count). The van der Waals surface area contributed by atoms with Crippen LogP contribution in [0.2, 0.25) is 0 Å². The Labute approximate surface area is 159 Å². The maximum atomic E-state index is 12.7. The van der Waals surface area contributed by atoms with Crippen molar-refractivity contribution in [2.75, 3.05) is 10.6 Å². The van der Waals surface area contributed by atoms with Gasteiger partial charge in [-0.1, -0.05) is 24.3 Å². The molecule has 3 aromatic rings. The maximum Gasteiger partial charge on any atom is 0.337 e. The van der Waals surface area contributed by atoms with E-state index in [-0.39, 0.29) is 17.2 Å². The lowest BCUT2D eigenvalue weighted by Gasteiger charge is -2.13. The van der Waals surface area contributed by atoms with E-state index in [2.05, 4.69) is 10.6 Å². The number of carboxylic acid groups (broad SMARTS) is 1. The first-order valence-corrected chi connectivity index (χ1v) is 8.93. The summed E-state index contributed by atoms with van der Waals surface area (Å²) in [5.74, 6) is -1.82. The summed E-state index contributed by atoms with van der Waals surface area (Å²) in [7, 11) is 0. The van der Waals surface area contributed by atoms with Crippen molar-refractivity contribution in [2.45, 2.75) is 6.92 Å². The van der Waals surface area contributed by atoms with E-state index < -0.39 is 11.9 Å². The molecule has 136 valence electrons. The molecule has 7 heteroatoms. The van der Waals surface area contributed by atoms with Crippen LogP contribution in [0.5, 0.6) is 0 Å². The molecule has 1 aromatic heterocycles. The van der Waals surface area contributed by atoms with Gasteiger partial charge in [-0.15, -0.1) is 11.3 Å². The predicted octanol–water partition coefficient (Wildman–Crippen LogP) is 4.26. The first-order valence-electron chi connectivity index (χ1n) is 8.05. The van der Waals surface area contributed by atoms with Crippen molar-refractivity contribution >= 4 is 40.5 Å². The topological polar surface area (TPSA) is 95.5 Å². The number of carboxylic acids is 1. The number of carbonyl (C=O) groups excluding carboxylic acids is 2. The van der Waals surface area contributed by atoms with Crippen molar-refractivity contribution in [2.24, 2.45) is 0 Å². The molecule has 2 aromatic carbocycles. The van der Waals surface area contributed by atoms with E-state index in [9.17, 15) is 19.5 Å².